The third-order valence-corrected chi connectivity index (χ3v) is 5.46. The third kappa shape index (κ3) is 4.24. The molecule has 1 fully saturated rings. The zero-order valence-corrected chi connectivity index (χ0v) is 15.9. The Kier molecular flexibility index (Phi) is 4.99. The number of nitrogen functional groups attached to an aromatic ring is 1. The highest BCUT2D eigenvalue weighted by molar-refractivity contribution is 7.22. The van der Waals surface area contributed by atoms with Gasteiger partial charge in [0.25, 0.3) is 0 Å². The summed E-state index contributed by atoms with van der Waals surface area (Å²) in [5, 5.41) is 2.44. The van der Waals surface area contributed by atoms with Crippen LogP contribution in [0.1, 0.15) is 12.8 Å². The summed E-state index contributed by atoms with van der Waals surface area (Å²) in [6.45, 7) is -0.811. The summed E-state index contributed by atoms with van der Waals surface area (Å²) in [5.41, 5.74) is 7.29. The van der Waals surface area contributed by atoms with Crippen molar-refractivity contribution in [1.29, 1.82) is 0 Å². The minimum absolute atomic E-state index is 0.456. The van der Waals surface area contributed by atoms with E-state index in [4.69, 9.17) is 5.73 Å². The molecule has 0 radical (unpaired) electrons. The standard InChI is InChI=1S/C18H17F3N6OS/c19-18(20,21)9-24-16(28)12-2-1-7-27(12)14-5-6-23-15(26-14)10-3-4-11-13(8-10)29-17(22)25-11/h3-6,8,12H,1-2,7,9H2,(H2,22,25)(H,24,28)/t12-/m1/s1. The van der Waals surface area contributed by atoms with Crippen LogP contribution in [0.3, 0.4) is 0 Å². The molecule has 4 rings (SSSR count). The number of benzene rings is 1. The molecule has 0 aliphatic carbocycles. The molecule has 3 heterocycles. The van der Waals surface area contributed by atoms with Crippen molar-refractivity contribution in [3.05, 3.63) is 30.5 Å². The Labute approximate surface area is 167 Å². The van der Waals surface area contributed by atoms with Crippen LogP contribution in [-0.4, -0.2) is 46.2 Å². The second-order valence-electron chi connectivity index (χ2n) is 6.66. The molecule has 0 saturated carbocycles. The second-order valence-corrected chi connectivity index (χ2v) is 7.72. The van der Waals surface area contributed by atoms with Gasteiger partial charge in [0.1, 0.15) is 18.4 Å². The highest BCUT2D eigenvalue weighted by Gasteiger charge is 2.34. The molecular weight excluding hydrogens is 405 g/mol. The number of aromatic nitrogens is 3. The van der Waals surface area contributed by atoms with Crippen molar-refractivity contribution in [3.8, 4) is 11.4 Å². The monoisotopic (exact) mass is 422 g/mol. The van der Waals surface area contributed by atoms with Gasteiger partial charge in [-0.05, 0) is 37.1 Å². The minimum atomic E-state index is -4.44. The van der Waals surface area contributed by atoms with Crippen molar-refractivity contribution in [2.75, 3.05) is 23.7 Å². The van der Waals surface area contributed by atoms with E-state index >= 15 is 0 Å². The number of amides is 1. The zero-order chi connectivity index (χ0) is 20.6. The van der Waals surface area contributed by atoms with Crippen molar-refractivity contribution in [1.82, 2.24) is 20.3 Å². The summed E-state index contributed by atoms with van der Waals surface area (Å²) >= 11 is 1.36. The Morgan fingerprint density at radius 3 is 2.93 bits per heavy atom. The van der Waals surface area contributed by atoms with Crippen LogP contribution in [0.2, 0.25) is 0 Å². The van der Waals surface area contributed by atoms with Crippen molar-refractivity contribution >= 4 is 38.4 Å². The summed E-state index contributed by atoms with van der Waals surface area (Å²) in [5.74, 6) is 0.308. The third-order valence-electron chi connectivity index (χ3n) is 4.62. The van der Waals surface area contributed by atoms with Crippen LogP contribution in [0.4, 0.5) is 24.1 Å². The van der Waals surface area contributed by atoms with E-state index in [0.29, 0.717) is 36.2 Å². The average Bonchev–Trinajstić information content (AvgIpc) is 3.30. The summed E-state index contributed by atoms with van der Waals surface area (Å²) in [4.78, 5) is 27.0. The zero-order valence-electron chi connectivity index (χ0n) is 15.1. The summed E-state index contributed by atoms with van der Waals surface area (Å²) in [6, 6.07) is 6.51. The van der Waals surface area contributed by atoms with Crippen LogP contribution in [-0.2, 0) is 4.79 Å². The normalized spacial score (nSPS) is 17.1. The number of nitrogens with two attached hydrogens (primary N) is 1. The highest BCUT2D eigenvalue weighted by Crippen LogP contribution is 2.30. The maximum absolute atomic E-state index is 12.4. The van der Waals surface area contributed by atoms with E-state index in [2.05, 4.69) is 15.0 Å². The highest BCUT2D eigenvalue weighted by atomic mass is 32.1. The van der Waals surface area contributed by atoms with E-state index in [1.807, 2.05) is 23.5 Å². The summed E-state index contributed by atoms with van der Waals surface area (Å²) < 4.78 is 38.1. The first-order valence-electron chi connectivity index (χ1n) is 8.91. The second kappa shape index (κ2) is 7.47. The summed E-state index contributed by atoms with van der Waals surface area (Å²) in [6.07, 6.45) is -1.71. The molecule has 1 aliphatic heterocycles. The molecule has 1 aromatic carbocycles. The van der Waals surface area contributed by atoms with Gasteiger partial charge in [-0.1, -0.05) is 11.3 Å². The summed E-state index contributed by atoms with van der Waals surface area (Å²) in [7, 11) is 0. The van der Waals surface area contributed by atoms with Crippen molar-refractivity contribution in [2.45, 2.75) is 25.1 Å². The Morgan fingerprint density at radius 1 is 1.31 bits per heavy atom. The molecule has 7 nitrogen and oxygen atoms in total. The fraction of sp³-hybridized carbons (Fsp3) is 0.333. The Bertz CT molecular complexity index is 1050. The van der Waals surface area contributed by atoms with Crippen LogP contribution in [0.5, 0.6) is 0 Å². The van der Waals surface area contributed by atoms with Gasteiger partial charge < -0.3 is 16.0 Å². The average molecular weight is 422 g/mol. The number of halogens is 3. The van der Waals surface area contributed by atoms with Gasteiger partial charge in [0, 0.05) is 18.3 Å². The lowest BCUT2D eigenvalue weighted by Gasteiger charge is -2.25. The molecule has 3 N–H and O–H groups in total. The van der Waals surface area contributed by atoms with E-state index in [1.54, 1.807) is 17.2 Å². The van der Waals surface area contributed by atoms with Crippen molar-refractivity contribution < 1.29 is 18.0 Å². The fourth-order valence-corrected chi connectivity index (χ4v) is 4.12. The lowest BCUT2D eigenvalue weighted by atomic mass is 10.2. The first-order valence-corrected chi connectivity index (χ1v) is 9.72. The molecule has 0 bridgehead atoms. The Morgan fingerprint density at radius 2 is 2.14 bits per heavy atom. The van der Waals surface area contributed by atoms with E-state index in [-0.39, 0.29) is 0 Å². The van der Waals surface area contributed by atoms with Crippen LogP contribution >= 0.6 is 11.3 Å². The predicted octanol–water partition coefficient (Wildman–Crippen LogP) is 2.98. The minimum Gasteiger partial charge on any atom is -0.375 e. The molecule has 29 heavy (non-hydrogen) atoms. The van der Waals surface area contributed by atoms with Crippen molar-refractivity contribution in [2.24, 2.45) is 0 Å². The number of thiazole rings is 1. The number of hydrogen-bond donors (Lipinski definition) is 2. The molecule has 1 aliphatic rings. The van der Waals surface area contributed by atoms with Gasteiger partial charge in [0.15, 0.2) is 11.0 Å². The van der Waals surface area contributed by atoms with Gasteiger partial charge in [-0.2, -0.15) is 13.2 Å². The van der Waals surface area contributed by atoms with E-state index in [0.717, 1.165) is 15.8 Å². The number of carbonyl (C=O) groups excluding carboxylic acids is 1. The molecule has 0 unspecified atom stereocenters. The molecular formula is C18H17F3N6OS. The van der Waals surface area contributed by atoms with Gasteiger partial charge in [0.05, 0.1) is 10.2 Å². The number of rotatable bonds is 4. The lowest BCUT2D eigenvalue weighted by Crippen LogP contribution is -2.46. The molecule has 0 spiro atoms. The molecule has 2 aromatic heterocycles. The van der Waals surface area contributed by atoms with Crippen LogP contribution in [0, 0.1) is 0 Å². The maximum Gasteiger partial charge on any atom is 0.405 e. The number of hydrogen-bond acceptors (Lipinski definition) is 7. The number of anilines is 2. The molecule has 1 saturated heterocycles. The van der Waals surface area contributed by atoms with E-state index in [9.17, 15) is 18.0 Å². The van der Waals surface area contributed by atoms with Gasteiger partial charge in [0.2, 0.25) is 5.91 Å². The topological polar surface area (TPSA) is 97.0 Å². The predicted molar refractivity (Wildman–Crippen MR) is 104 cm³/mol. The van der Waals surface area contributed by atoms with Gasteiger partial charge in [-0.25, -0.2) is 15.0 Å². The quantitative estimate of drug-likeness (QED) is 0.671. The van der Waals surface area contributed by atoms with Crippen molar-refractivity contribution in [3.63, 3.8) is 0 Å². The first-order chi connectivity index (χ1) is 13.8. The maximum atomic E-state index is 12.4. The molecule has 11 heteroatoms. The molecule has 1 amide bonds. The van der Waals surface area contributed by atoms with E-state index < -0.39 is 24.7 Å². The Balaban J connectivity index is 1.57. The van der Waals surface area contributed by atoms with Gasteiger partial charge in [-0.3, -0.25) is 4.79 Å². The number of nitrogens with one attached hydrogen (secondary N) is 1. The Hall–Kier alpha value is -2.95. The van der Waals surface area contributed by atoms with E-state index in [1.165, 1.54) is 11.3 Å². The molecule has 152 valence electrons. The lowest BCUT2D eigenvalue weighted by molar-refractivity contribution is -0.139. The van der Waals surface area contributed by atoms with Crippen LogP contribution in [0.25, 0.3) is 21.6 Å². The molecule has 3 aromatic rings. The largest absolute Gasteiger partial charge is 0.405 e. The number of alkyl halides is 3. The molecule has 1 atom stereocenters. The number of fused-ring (bicyclic) bond motifs is 1. The van der Waals surface area contributed by atoms with Crippen LogP contribution < -0.4 is 16.0 Å². The SMILES string of the molecule is Nc1nc2ccc(-c3nccc(N4CCC[C@@H]4C(=O)NCC(F)(F)F)n3)cc2s1. The van der Waals surface area contributed by atoms with Gasteiger partial charge in [-0.15, -0.1) is 0 Å². The fourth-order valence-electron chi connectivity index (χ4n) is 3.35. The smallest absolute Gasteiger partial charge is 0.375 e. The first kappa shape index (κ1) is 19.4. The number of nitrogens with zero attached hydrogens (tertiary/aromatic N) is 4. The number of carbonyl (C=O) groups is 1. The van der Waals surface area contributed by atoms with Crippen LogP contribution in [0.15, 0.2) is 30.5 Å². The van der Waals surface area contributed by atoms with Gasteiger partial charge >= 0.3 is 6.18 Å².